The Morgan fingerprint density at radius 2 is 1.74 bits per heavy atom. The van der Waals surface area contributed by atoms with E-state index in [2.05, 4.69) is 20.3 Å². The molecule has 27 heavy (non-hydrogen) atoms. The second-order valence-electron chi connectivity index (χ2n) is 5.60. The van der Waals surface area contributed by atoms with Crippen LogP contribution in [0.5, 0.6) is 11.5 Å². The van der Waals surface area contributed by atoms with Crippen molar-refractivity contribution in [3.05, 3.63) is 60.3 Å². The number of methoxy groups -OCH3 is 2. The first-order valence-corrected chi connectivity index (χ1v) is 8.20. The third-order valence-corrected chi connectivity index (χ3v) is 3.90. The molecule has 8 heteroatoms. The molecule has 8 nitrogen and oxygen atoms in total. The van der Waals surface area contributed by atoms with E-state index < -0.39 is 0 Å². The molecule has 0 N–H and O–H groups in total. The molecule has 0 aliphatic rings. The van der Waals surface area contributed by atoms with E-state index in [9.17, 15) is 0 Å². The van der Waals surface area contributed by atoms with Crippen molar-refractivity contribution in [2.24, 2.45) is 0 Å². The fourth-order valence-corrected chi connectivity index (χ4v) is 2.65. The summed E-state index contributed by atoms with van der Waals surface area (Å²) in [7, 11) is 3.13. The molecular formula is C19H16N4O4. The highest BCUT2D eigenvalue weighted by Gasteiger charge is 2.18. The van der Waals surface area contributed by atoms with Crippen LogP contribution in [-0.4, -0.2) is 34.6 Å². The van der Waals surface area contributed by atoms with E-state index in [0.717, 1.165) is 5.56 Å². The van der Waals surface area contributed by atoms with Crippen molar-refractivity contribution < 1.29 is 18.4 Å². The van der Waals surface area contributed by atoms with Gasteiger partial charge >= 0.3 is 0 Å². The van der Waals surface area contributed by atoms with Crippen molar-refractivity contribution in [3.63, 3.8) is 0 Å². The quantitative estimate of drug-likeness (QED) is 0.514. The van der Waals surface area contributed by atoms with Crippen LogP contribution in [0.25, 0.3) is 22.8 Å². The predicted molar refractivity (Wildman–Crippen MR) is 95.4 cm³/mol. The monoisotopic (exact) mass is 364 g/mol. The Morgan fingerprint density at radius 1 is 0.889 bits per heavy atom. The molecule has 0 aliphatic heterocycles. The molecule has 2 heterocycles. The number of benzene rings is 2. The maximum absolute atomic E-state index is 5.68. The number of hydrogen-bond donors (Lipinski definition) is 0. The summed E-state index contributed by atoms with van der Waals surface area (Å²) in [6, 6.07) is 15.0. The summed E-state index contributed by atoms with van der Waals surface area (Å²) in [6.45, 7) is 0. The van der Waals surface area contributed by atoms with Gasteiger partial charge in [0.05, 0.1) is 19.8 Å². The van der Waals surface area contributed by atoms with Crippen molar-refractivity contribution in [1.29, 1.82) is 0 Å². The summed E-state index contributed by atoms with van der Waals surface area (Å²) in [6.07, 6.45) is 0.235. The lowest BCUT2D eigenvalue weighted by atomic mass is 10.1. The fraction of sp³-hybridized carbons (Fsp3) is 0.158. The zero-order chi connectivity index (χ0) is 18.6. The molecule has 0 radical (unpaired) electrons. The molecule has 0 atom stereocenters. The number of hydrogen-bond acceptors (Lipinski definition) is 8. The van der Waals surface area contributed by atoms with E-state index in [-0.39, 0.29) is 6.42 Å². The van der Waals surface area contributed by atoms with Crippen LogP contribution >= 0.6 is 0 Å². The van der Waals surface area contributed by atoms with Gasteiger partial charge in [0.15, 0.2) is 11.5 Å². The molecule has 0 fully saturated rings. The van der Waals surface area contributed by atoms with E-state index >= 15 is 0 Å². The largest absolute Gasteiger partial charge is 0.493 e. The Hall–Kier alpha value is -3.68. The average molecular weight is 364 g/mol. The molecular weight excluding hydrogens is 348 g/mol. The van der Waals surface area contributed by atoms with Gasteiger partial charge < -0.3 is 18.4 Å². The van der Waals surface area contributed by atoms with Crippen molar-refractivity contribution >= 4 is 0 Å². The minimum Gasteiger partial charge on any atom is -0.493 e. The molecule has 2 aromatic heterocycles. The van der Waals surface area contributed by atoms with Crippen LogP contribution in [-0.2, 0) is 6.42 Å². The predicted octanol–water partition coefficient (Wildman–Crippen LogP) is 3.39. The first kappa shape index (κ1) is 16.8. The summed E-state index contributed by atoms with van der Waals surface area (Å²) in [4.78, 5) is 4.40. The molecule has 4 rings (SSSR count). The maximum atomic E-state index is 5.68. The van der Waals surface area contributed by atoms with E-state index in [4.69, 9.17) is 18.4 Å². The van der Waals surface area contributed by atoms with Crippen molar-refractivity contribution in [3.8, 4) is 34.3 Å². The highest BCUT2D eigenvalue weighted by atomic mass is 16.5. The van der Waals surface area contributed by atoms with Gasteiger partial charge in [-0.05, 0) is 24.3 Å². The molecule has 0 saturated heterocycles. The first-order valence-electron chi connectivity index (χ1n) is 8.20. The second kappa shape index (κ2) is 7.28. The van der Waals surface area contributed by atoms with Gasteiger partial charge in [-0.2, -0.15) is 4.98 Å². The van der Waals surface area contributed by atoms with Crippen LogP contribution in [0.1, 0.15) is 11.8 Å². The highest BCUT2D eigenvalue weighted by Crippen LogP contribution is 2.36. The minimum absolute atomic E-state index is 0.235. The second-order valence-corrected chi connectivity index (χ2v) is 5.60. The Balaban J connectivity index is 1.57. The highest BCUT2D eigenvalue weighted by molar-refractivity contribution is 5.68. The summed E-state index contributed by atoms with van der Waals surface area (Å²) in [5.41, 5.74) is 1.52. The van der Waals surface area contributed by atoms with Gasteiger partial charge in [-0.1, -0.05) is 29.4 Å². The van der Waals surface area contributed by atoms with E-state index in [1.807, 2.05) is 42.5 Å². The fourth-order valence-electron chi connectivity index (χ4n) is 2.65. The molecule has 0 saturated carbocycles. The molecule has 0 unspecified atom stereocenters. The third-order valence-electron chi connectivity index (χ3n) is 3.90. The van der Waals surface area contributed by atoms with Gasteiger partial charge in [0.25, 0.3) is 0 Å². The number of ether oxygens (including phenoxy) is 2. The van der Waals surface area contributed by atoms with E-state index in [1.165, 1.54) is 0 Å². The van der Waals surface area contributed by atoms with Crippen molar-refractivity contribution in [2.45, 2.75) is 6.42 Å². The van der Waals surface area contributed by atoms with Gasteiger partial charge in [0.1, 0.15) is 6.42 Å². The molecule has 0 spiro atoms. The SMILES string of the molecule is COc1cccc(-c2noc(Cc3nnc(-c4ccccc4)o3)n2)c1OC. The van der Waals surface area contributed by atoms with Crippen LogP contribution in [0.4, 0.5) is 0 Å². The van der Waals surface area contributed by atoms with E-state index in [1.54, 1.807) is 20.3 Å². The topological polar surface area (TPSA) is 96.3 Å². The Labute approximate surface area is 154 Å². The van der Waals surface area contributed by atoms with Gasteiger partial charge in [-0.15, -0.1) is 10.2 Å². The Morgan fingerprint density at radius 3 is 2.52 bits per heavy atom. The summed E-state index contributed by atoms with van der Waals surface area (Å²) in [5, 5.41) is 12.1. The first-order chi connectivity index (χ1) is 13.3. The summed E-state index contributed by atoms with van der Waals surface area (Å²) in [5.74, 6) is 2.71. The number of nitrogens with zero attached hydrogens (tertiary/aromatic N) is 4. The Bertz CT molecular complexity index is 1040. The lowest BCUT2D eigenvalue weighted by Gasteiger charge is -2.09. The smallest absolute Gasteiger partial charge is 0.247 e. The standard InChI is InChI=1S/C19H16N4O4/c1-24-14-10-6-9-13(17(14)25-2)18-20-15(27-23-18)11-16-21-22-19(26-16)12-7-4-3-5-8-12/h3-10H,11H2,1-2H3. The lowest BCUT2D eigenvalue weighted by Crippen LogP contribution is -1.94. The average Bonchev–Trinajstić information content (AvgIpc) is 3.38. The van der Waals surface area contributed by atoms with E-state index in [0.29, 0.717) is 40.6 Å². The number of para-hydroxylation sites is 1. The van der Waals surface area contributed by atoms with Crippen LogP contribution in [0.2, 0.25) is 0 Å². The number of aromatic nitrogens is 4. The number of rotatable bonds is 6. The van der Waals surface area contributed by atoms with Crippen LogP contribution in [0, 0.1) is 0 Å². The molecule has 0 bridgehead atoms. The summed E-state index contributed by atoms with van der Waals surface area (Å²) >= 11 is 0. The van der Waals surface area contributed by atoms with Crippen molar-refractivity contribution in [1.82, 2.24) is 20.3 Å². The molecule has 0 aliphatic carbocycles. The zero-order valence-corrected chi connectivity index (χ0v) is 14.7. The van der Waals surface area contributed by atoms with Crippen LogP contribution in [0.15, 0.2) is 57.5 Å². The maximum Gasteiger partial charge on any atom is 0.247 e. The summed E-state index contributed by atoms with van der Waals surface area (Å²) < 4.78 is 21.7. The van der Waals surface area contributed by atoms with Gasteiger partial charge in [-0.25, -0.2) is 0 Å². The third kappa shape index (κ3) is 3.37. The zero-order valence-electron chi connectivity index (χ0n) is 14.7. The molecule has 136 valence electrons. The van der Waals surface area contributed by atoms with Gasteiger partial charge in [0, 0.05) is 5.56 Å². The molecule has 2 aromatic carbocycles. The van der Waals surface area contributed by atoms with Crippen LogP contribution < -0.4 is 9.47 Å². The molecule has 0 amide bonds. The Kier molecular flexibility index (Phi) is 4.52. The molecule has 4 aromatic rings. The lowest BCUT2D eigenvalue weighted by molar-refractivity contribution is 0.355. The normalized spacial score (nSPS) is 10.7. The van der Waals surface area contributed by atoms with Gasteiger partial charge in [-0.3, -0.25) is 0 Å². The van der Waals surface area contributed by atoms with Crippen LogP contribution in [0.3, 0.4) is 0 Å². The van der Waals surface area contributed by atoms with Gasteiger partial charge in [0.2, 0.25) is 23.5 Å². The minimum atomic E-state index is 0.235. The van der Waals surface area contributed by atoms with Crippen molar-refractivity contribution in [2.75, 3.05) is 14.2 Å².